The summed E-state index contributed by atoms with van der Waals surface area (Å²) in [7, 11) is 0. The van der Waals surface area contributed by atoms with Gasteiger partial charge >= 0.3 is 0 Å². The summed E-state index contributed by atoms with van der Waals surface area (Å²) in [5, 5.41) is 7.01. The van der Waals surface area contributed by atoms with Crippen molar-refractivity contribution >= 4 is 5.96 Å². The second kappa shape index (κ2) is 10.3. The molecule has 156 valence electrons. The normalized spacial score (nSPS) is 21.3. The average Bonchev–Trinajstić information content (AvgIpc) is 3.52. The van der Waals surface area contributed by atoms with E-state index in [4.69, 9.17) is 4.99 Å². The predicted octanol–water partition coefficient (Wildman–Crippen LogP) is 2.55. The Morgan fingerprint density at radius 1 is 1.04 bits per heavy atom. The fourth-order valence-electron chi connectivity index (χ4n) is 4.12. The van der Waals surface area contributed by atoms with Gasteiger partial charge in [0.05, 0.1) is 6.54 Å². The molecule has 0 spiro atoms. The largest absolute Gasteiger partial charge is 0.357 e. The molecule has 1 aromatic rings. The number of nitrogens with zero attached hydrogens (tertiary/aromatic N) is 3. The van der Waals surface area contributed by atoms with Gasteiger partial charge in [-0.15, -0.1) is 0 Å². The maximum Gasteiger partial charge on any atom is 0.191 e. The van der Waals surface area contributed by atoms with Crippen LogP contribution < -0.4 is 10.6 Å². The Balaban J connectivity index is 1.46. The number of likely N-dealkylation sites (N-methyl/N-ethyl adjacent to an activating group) is 1. The van der Waals surface area contributed by atoms with Gasteiger partial charge in [0, 0.05) is 51.2 Å². The molecule has 2 fully saturated rings. The Labute approximate surface area is 171 Å². The zero-order valence-electron chi connectivity index (χ0n) is 18.1. The highest BCUT2D eigenvalue weighted by Crippen LogP contribution is 2.48. The number of benzene rings is 1. The number of aliphatic imine (C=N–C) groups is 1. The van der Waals surface area contributed by atoms with Crippen molar-refractivity contribution in [2.75, 3.05) is 58.9 Å². The second-order valence-electron chi connectivity index (χ2n) is 8.56. The summed E-state index contributed by atoms with van der Waals surface area (Å²) >= 11 is 0. The van der Waals surface area contributed by atoms with E-state index >= 15 is 0 Å². The van der Waals surface area contributed by atoms with Crippen molar-refractivity contribution in [1.82, 2.24) is 20.4 Å². The molecule has 1 saturated heterocycles. The zero-order valence-corrected chi connectivity index (χ0v) is 18.1. The highest BCUT2D eigenvalue weighted by Gasteiger charge is 2.43. The summed E-state index contributed by atoms with van der Waals surface area (Å²) < 4.78 is 0. The van der Waals surface area contributed by atoms with Crippen molar-refractivity contribution in [3.63, 3.8) is 0 Å². The van der Waals surface area contributed by atoms with Crippen LogP contribution in [-0.2, 0) is 5.41 Å². The van der Waals surface area contributed by atoms with Crippen LogP contribution in [0.2, 0.25) is 0 Å². The van der Waals surface area contributed by atoms with Crippen LogP contribution in [0.3, 0.4) is 0 Å². The Kier molecular flexibility index (Phi) is 7.74. The third-order valence-corrected chi connectivity index (χ3v) is 6.22. The van der Waals surface area contributed by atoms with Crippen LogP contribution in [0.25, 0.3) is 0 Å². The van der Waals surface area contributed by atoms with E-state index in [-0.39, 0.29) is 5.41 Å². The monoisotopic (exact) mass is 385 g/mol. The van der Waals surface area contributed by atoms with Crippen LogP contribution in [0.15, 0.2) is 35.3 Å². The zero-order chi connectivity index (χ0) is 19.8. The van der Waals surface area contributed by atoms with E-state index in [0.717, 1.165) is 32.1 Å². The van der Waals surface area contributed by atoms with Gasteiger partial charge in [-0.05, 0) is 37.8 Å². The van der Waals surface area contributed by atoms with Gasteiger partial charge < -0.3 is 20.4 Å². The molecule has 1 atom stereocenters. The molecule has 1 aliphatic carbocycles. The Morgan fingerprint density at radius 3 is 2.32 bits per heavy atom. The quantitative estimate of drug-likeness (QED) is 0.506. The molecule has 0 aromatic heterocycles. The molecular formula is C23H39N5. The van der Waals surface area contributed by atoms with Crippen LogP contribution >= 0.6 is 0 Å². The van der Waals surface area contributed by atoms with Crippen LogP contribution in [0.4, 0.5) is 0 Å². The topological polar surface area (TPSA) is 42.9 Å². The van der Waals surface area contributed by atoms with Crippen LogP contribution in [0, 0.1) is 5.92 Å². The van der Waals surface area contributed by atoms with Crippen LogP contribution in [0.1, 0.15) is 39.2 Å². The highest BCUT2D eigenvalue weighted by atomic mass is 15.3. The molecule has 1 unspecified atom stereocenters. The van der Waals surface area contributed by atoms with Gasteiger partial charge in [0.2, 0.25) is 0 Å². The Bertz CT molecular complexity index is 603. The third kappa shape index (κ3) is 5.95. The van der Waals surface area contributed by atoms with Crippen molar-refractivity contribution in [3.8, 4) is 0 Å². The van der Waals surface area contributed by atoms with Gasteiger partial charge in [0.1, 0.15) is 0 Å². The van der Waals surface area contributed by atoms with Gasteiger partial charge in [-0.25, -0.2) is 0 Å². The molecule has 1 heterocycles. The number of hydrogen-bond donors (Lipinski definition) is 2. The number of piperazine rings is 1. The van der Waals surface area contributed by atoms with E-state index in [1.807, 2.05) is 0 Å². The lowest BCUT2D eigenvalue weighted by Gasteiger charge is -2.35. The molecule has 2 N–H and O–H groups in total. The molecule has 0 amide bonds. The summed E-state index contributed by atoms with van der Waals surface area (Å²) in [6.45, 7) is 16.6. The molecular weight excluding hydrogens is 346 g/mol. The highest BCUT2D eigenvalue weighted by molar-refractivity contribution is 5.79. The lowest BCUT2D eigenvalue weighted by molar-refractivity contribution is 0.124. The number of nitrogens with one attached hydrogen (secondary N) is 2. The molecule has 0 radical (unpaired) electrons. The smallest absolute Gasteiger partial charge is 0.191 e. The fourth-order valence-corrected chi connectivity index (χ4v) is 4.12. The maximum absolute atomic E-state index is 4.94. The summed E-state index contributed by atoms with van der Waals surface area (Å²) in [6.07, 6.45) is 2.50. The predicted molar refractivity (Wildman–Crippen MR) is 119 cm³/mol. The van der Waals surface area contributed by atoms with Gasteiger partial charge in [-0.1, -0.05) is 44.2 Å². The van der Waals surface area contributed by atoms with Crippen molar-refractivity contribution in [2.45, 2.75) is 39.0 Å². The first-order valence-corrected chi connectivity index (χ1v) is 11.2. The van der Waals surface area contributed by atoms with Crippen LogP contribution in [-0.4, -0.2) is 74.7 Å². The van der Waals surface area contributed by atoms with Crippen molar-refractivity contribution in [3.05, 3.63) is 35.9 Å². The van der Waals surface area contributed by atoms with Crippen molar-refractivity contribution < 1.29 is 0 Å². The van der Waals surface area contributed by atoms with E-state index < -0.39 is 0 Å². The van der Waals surface area contributed by atoms with Gasteiger partial charge in [0.15, 0.2) is 5.96 Å². The molecule has 1 aliphatic heterocycles. The fraction of sp³-hybridized carbons (Fsp3) is 0.696. The number of rotatable bonds is 9. The van der Waals surface area contributed by atoms with Crippen molar-refractivity contribution in [2.24, 2.45) is 10.9 Å². The summed E-state index contributed by atoms with van der Waals surface area (Å²) in [6, 6.07) is 10.9. The minimum atomic E-state index is 0.272. The molecule has 5 nitrogen and oxygen atoms in total. The van der Waals surface area contributed by atoms with E-state index in [9.17, 15) is 0 Å². The number of hydrogen-bond acceptors (Lipinski definition) is 3. The molecule has 3 rings (SSSR count). The van der Waals surface area contributed by atoms with Gasteiger partial charge in [-0.2, -0.15) is 0 Å². The van der Waals surface area contributed by atoms with E-state index in [0.29, 0.717) is 5.92 Å². The molecule has 1 aromatic carbocycles. The summed E-state index contributed by atoms with van der Waals surface area (Å²) in [5.41, 5.74) is 1.71. The van der Waals surface area contributed by atoms with E-state index in [1.54, 1.807) is 0 Å². The van der Waals surface area contributed by atoms with E-state index in [1.165, 1.54) is 51.1 Å². The molecule has 1 saturated carbocycles. The first-order chi connectivity index (χ1) is 13.6. The standard InChI is InChI=1S/C23H39N5/c1-4-24-22(26-19-23(11-12-23)21-9-7-6-8-10-21)25-17-20(3)18-28-15-13-27(5-2)14-16-28/h6-10,20H,4-5,11-19H2,1-3H3,(H2,24,25,26). The Morgan fingerprint density at radius 2 is 1.71 bits per heavy atom. The average molecular weight is 386 g/mol. The minimum absolute atomic E-state index is 0.272. The molecule has 0 bridgehead atoms. The van der Waals surface area contributed by atoms with Crippen LogP contribution in [0.5, 0.6) is 0 Å². The lowest BCUT2D eigenvalue weighted by Crippen LogP contribution is -2.48. The maximum atomic E-state index is 4.94. The SMILES string of the molecule is CCNC(=NCC1(c2ccccc2)CC1)NCC(C)CN1CCN(CC)CC1. The van der Waals surface area contributed by atoms with Gasteiger partial charge in [-0.3, -0.25) is 4.99 Å². The van der Waals surface area contributed by atoms with Gasteiger partial charge in [0.25, 0.3) is 0 Å². The first kappa shape index (κ1) is 21.1. The number of guanidine groups is 1. The first-order valence-electron chi connectivity index (χ1n) is 11.2. The van der Waals surface area contributed by atoms with Crippen molar-refractivity contribution in [1.29, 1.82) is 0 Å². The lowest BCUT2D eigenvalue weighted by atomic mass is 9.96. The Hall–Kier alpha value is -1.59. The molecule has 5 heteroatoms. The minimum Gasteiger partial charge on any atom is -0.357 e. The molecule has 28 heavy (non-hydrogen) atoms. The summed E-state index contributed by atoms with van der Waals surface area (Å²) in [5.74, 6) is 1.58. The third-order valence-electron chi connectivity index (χ3n) is 6.22. The molecule has 2 aliphatic rings. The van der Waals surface area contributed by atoms with E-state index in [2.05, 4.69) is 71.5 Å². The summed E-state index contributed by atoms with van der Waals surface area (Å²) in [4.78, 5) is 10.1. The second-order valence-corrected chi connectivity index (χ2v) is 8.56.